The maximum atomic E-state index is 14.5. The number of likely N-dealkylation sites (N-methyl/N-ethyl adjacent to an activating group) is 1. The molecule has 0 aliphatic heterocycles. The third-order valence-corrected chi connectivity index (χ3v) is 4.08. The third kappa shape index (κ3) is 5.93. The molecule has 3 aromatic rings. The van der Waals surface area contributed by atoms with E-state index in [9.17, 15) is 14.4 Å². The van der Waals surface area contributed by atoms with Crippen LogP contribution in [-0.2, 0) is 11.2 Å². The highest BCUT2D eigenvalue weighted by Gasteiger charge is 2.16. The number of halogens is 1. The average Bonchev–Trinajstić information content (AvgIpc) is 2.99. The minimum atomic E-state index is -3.59. The molecular formula is C26H27FN4O2. The quantitative estimate of drug-likeness (QED) is 0.454. The van der Waals surface area contributed by atoms with Crippen LogP contribution in [0.2, 0.25) is 0 Å². The number of pyridine rings is 1. The van der Waals surface area contributed by atoms with E-state index in [-0.39, 0.29) is 4.90 Å². The fourth-order valence-corrected chi connectivity index (χ4v) is 2.63. The van der Waals surface area contributed by atoms with Crippen LogP contribution in [0.3, 0.4) is 0 Å². The Morgan fingerprint density at radius 2 is 2.33 bits per heavy atom. The summed E-state index contributed by atoms with van der Waals surface area (Å²) in [5.41, 5.74) is -3.71. The van der Waals surface area contributed by atoms with Gasteiger partial charge in [0.15, 0.2) is 5.78 Å². The Kier molecular flexibility index (Phi) is 3.25. The number of nitrogens with zero attached hydrogens (tertiary/aromatic N) is 3. The van der Waals surface area contributed by atoms with Gasteiger partial charge in [-0.15, -0.1) is 0 Å². The zero-order valence-corrected chi connectivity index (χ0v) is 17.3. The molecule has 170 valence electrons. The summed E-state index contributed by atoms with van der Waals surface area (Å²) in [5.74, 6) is -3.61. The van der Waals surface area contributed by atoms with E-state index in [0.29, 0.717) is 6.08 Å². The number of hydrogen-bond acceptors (Lipinski definition) is 6. The molecule has 0 amide bonds. The molecule has 0 aliphatic carbocycles. The van der Waals surface area contributed by atoms with E-state index in [1.165, 1.54) is 0 Å². The van der Waals surface area contributed by atoms with E-state index in [4.69, 9.17) is 28.0 Å². The van der Waals surface area contributed by atoms with Crippen molar-refractivity contribution in [3.63, 3.8) is 0 Å². The zero-order chi connectivity index (χ0) is 38.6. The molecule has 0 saturated carbocycles. The van der Waals surface area contributed by atoms with Crippen LogP contribution in [0.25, 0.3) is 10.9 Å². The van der Waals surface area contributed by atoms with Crippen LogP contribution < -0.4 is 10.1 Å². The summed E-state index contributed by atoms with van der Waals surface area (Å²) in [7, 11) is 0.855. The average molecular weight is 464 g/mol. The van der Waals surface area contributed by atoms with Gasteiger partial charge >= 0.3 is 0 Å². The molecule has 7 heteroatoms. The molecule has 6 nitrogen and oxygen atoms in total. The maximum absolute atomic E-state index is 14.5. The zero-order valence-electron chi connectivity index (χ0n) is 34.3. The molecule has 0 radical (unpaired) electrons. The van der Waals surface area contributed by atoms with E-state index in [0.717, 1.165) is 14.0 Å². The van der Waals surface area contributed by atoms with Crippen LogP contribution in [0.4, 0.5) is 15.8 Å². The molecule has 0 aliphatic rings. The first-order chi connectivity index (χ1) is 22.6. The largest absolute Gasteiger partial charge is 0.494 e. The number of benzene rings is 2. The number of aromatic nitrogens is 1. The van der Waals surface area contributed by atoms with Crippen molar-refractivity contribution in [2.45, 2.75) is 20.2 Å². The lowest BCUT2D eigenvalue weighted by atomic mass is 10.0. The highest BCUT2D eigenvalue weighted by molar-refractivity contribution is 5.98. The van der Waals surface area contributed by atoms with Gasteiger partial charge in [-0.2, -0.15) is 5.26 Å². The molecule has 3 rings (SSSR count). The molecule has 0 unspecified atom stereocenters. The lowest BCUT2D eigenvalue weighted by molar-refractivity contribution is -0.114. The molecule has 1 aromatic heterocycles. The number of carbonyl (C=O) groups excluding carboxylic acids is 1. The predicted molar refractivity (Wildman–Crippen MR) is 128 cm³/mol. The number of nitriles is 1. The molecule has 0 saturated heterocycles. The minimum Gasteiger partial charge on any atom is -0.494 e. The van der Waals surface area contributed by atoms with E-state index < -0.39 is 132 Å². The van der Waals surface area contributed by atoms with Crippen molar-refractivity contribution in [2.75, 3.05) is 32.4 Å². The van der Waals surface area contributed by atoms with Gasteiger partial charge in [0.05, 0.1) is 35.7 Å². The number of nitrogens with one attached hydrogen (secondary N) is 1. The molecule has 0 spiro atoms. The van der Waals surface area contributed by atoms with Crippen LogP contribution in [0.1, 0.15) is 46.8 Å². The Labute approximate surface area is 217 Å². The monoisotopic (exact) mass is 463 g/mol. The van der Waals surface area contributed by atoms with Gasteiger partial charge in [0.25, 0.3) is 0 Å². The van der Waals surface area contributed by atoms with Gasteiger partial charge < -0.3 is 15.0 Å². The SMILES string of the molecule is [2H]/C(=C\C([2H])([2H])N(C)C([2H])([2H])[2H])C(=O)Cc1c(OC([2H])([2H])C([2H])([2H])[2H])c([2H])c2nc([2H])c(C#N)c(Nc3c([2H])c([2H])c(F)c(C)c3[2H])c2c1[2H]. The van der Waals surface area contributed by atoms with Crippen molar-refractivity contribution in [1.29, 1.82) is 5.26 Å². The van der Waals surface area contributed by atoms with Crippen LogP contribution >= 0.6 is 0 Å². The molecule has 0 bridgehead atoms. The molecule has 0 atom stereocenters. The van der Waals surface area contributed by atoms with Crippen LogP contribution in [0, 0.1) is 24.1 Å². The summed E-state index contributed by atoms with van der Waals surface area (Å²) in [6, 6.07) is -3.96. The summed E-state index contributed by atoms with van der Waals surface area (Å²) < 4.78 is 155. The maximum Gasteiger partial charge on any atom is 0.159 e. The Balaban J connectivity index is 2.46. The summed E-state index contributed by atoms with van der Waals surface area (Å²) in [6.07, 6.45) is -1.73. The first-order valence-corrected chi connectivity index (χ1v) is 9.15. The Hall–Kier alpha value is -3.76. The number of ether oxygens (including phenoxy) is 1. The van der Waals surface area contributed by atoms with Gasteiger partial charge in [0, 0.05) is 52.7 Å². The standard InChI is InChI=1S/C26H27FN4O2/c1-5-33-25-14-24-22(13-18(25)12-21(32)7-6-10-31(3)4)26(19(15-28)16-29-24)30-20-8-9-23(27)17(2)11-20/h6-9,11,13-14,16H,5,10,12H2,1-4H3,(H,29,30)/b7-6+/i1D3,3D3,5D2,7D,8D,9D,10D2,11D,13D,14D,16D. The van der Waals surface area contributed by atoms with Gasteiger partial charge in [0.2, 0.25) is 0 Å². The van der Waals surface area contributed by atoms with E-state index in [1.54, 1.807) is 6.07 Å². The van der Waals surface area contributed by atoms with Crippen molar-refractivity contribution >= 4 is 28.1 Å². The second-order valence-electron chi connectivity index (χ2n) is 6.46. The van der Waals surface area contributed by atoms with E-state index in [1.807, 2.05) is 0 Å². The topological polar surface area (TPSA) is 78.2 Å². The summed E-state index contributed by atoms with van der Waals surface area (Å²) in [4.78, 5) is 17.4. The molecule has 33 heavy (non-hydrogen) atoms. The van der Waals surface area contributed by atoms with Gasteiger partial charge in [0.1, 0.15) is 17.6 Å². The highest BCUT2D eigenvalue weighted by Crippen LogP contribution is 2.34. The fourth-order valence-electron chi connectivity index (χ4n) is 2.63. The van der Waals surface area contributed by atoms with Crippen LogP contribution in [0.15, 0.2) is 48.5 Å². The normalized spacial score (nSPS) is 20.6. The third-order valence-electron chi connectivity index (χ3n) is 4.08. The number of rotatable bonds is 9. The number of carbonyl (C=O) groups is 1. The van der Waals surface area contributed by atoms with Gasteiger partial charge in [-0.3, -0.25) is 9.78 Å². The Morgan fingerprint density at radius 3 is 3.09 bits per heavy atom. The molecular weight excluding hydrogens is 419 g/mol. The predicted octanol–water partition coefficient (Wildman–Crippen LogP) is 4.93. The summed E-state index contributed by atoms with van der Waals surface area (Å²) in [6.45, 7) is -11.9. The van der Waals surface area contributed by atoms with Gasteiger partial charge in [-0.05, 0) is 63.6 Å². The fraction of sp³-hybridized carbons (Fsp3) is 0.269. The first kappa shape index (κ1) is 10.0. The number of hydrogen-bond donors (Lipinski definition) is 1. The Bertz CT molecular complexity index is 1940. The molecule has 1 heterocycles. The van der Waals surface area contributed by atoms with E-state index >= 15 is 0 Å². The Morgan fingerprint density at radius 1 is 1.48 bits per heavy atom. The number of ketones is 1. The van der Waals surface area contributed by atoms with Gasteiger partial charge in [-0.25, -0.2) is 4.39 Å². The lowest BCUT2D eigenvalue weighted by Crippen LogP contribution is -2.11. The van der Waals surface area contributed by atoms with Crippen molar-refractivity contribution in [3.8, 4) is 11.8 Å². The number of allylic oxidation sites excluding steroid dienone is 1. The molecule has 2 aromatic carbocycles. The first-order valence-electron chi connectivity index (χ1n) is 17.7. The number of fused-ring (bicyclic) bond motifs is 1. The second-order valence-corrected chi connectivity index (χ2v) is 6.46. The van der Waals surface area contributed by atoms with Crippen LogP contribution in [0.5, 0.6) is 5.75 Å². The minimum absolute atomic E-state index is 0.237. The summed E-state index contributed by atoms with van der Waals surface area (Å²) >= 11 is 0. The van der Waals surface area contributed by atoms with Crippen molar-refractivity contribution in [3.05, 3.63) is 71.0 Å². The smallest absolute Gasteiger partial charge is 0.159 e. The summed E-state index contributed by atoms with van der Waals surface area (Å²) in [5, 5.41) is 11.8. The van der Waals surface area contributed by atoms with Crippen molar-refractivity contribution in [2.24, 2.45) is 0 Å². The van der Waals surface area contributed by atoms with Crippen molar-refractivity contribution < 1.29 is 37.2 Å². The van der Waals surface area contributed by atoms with E-state index in [2.05, 4.69) is 10.3 Å². The van der Waals surface area contributed by atoms with Gasteiger partial charge in [-0.1, -0.05) is 6.08 Å². The number of anilines is 2. The van der Waals surface area contributed by atoms with Crippen molar-refractivity contribution in [1.82, 2.24) is 9.88 Å². The van der Waals surface area contributed by atoms with Crippen LogP contribution in [-0.4, -0.2) is 42.7 Å². The molecule has 1 N–H and O–H groups in total. The molecule has 0 fully saturated rings. The lowest BCUT2D eigenvalue weighted by Gasteiger charge is -2.15. The highest BCUT2D eigenvalue weighted by atomic mass is 19.1. The second kappa shape index (κ2) is 10.7.